The zero-order valence-corrected chi connectivity index (χ0v) is 21.8. The van der Waals surface area contributed by atoms with Crippen LogP contribution in [0.4, 0.5) is 4.39 Å². The van der Waals surface area contributed by atoms with Crippen molar-refractivity contribution in [1.82, 2.24) is 4.90 Å². The average Bonchev–Trinajstić information content (AvgIpc) is 2.75. The van der Waals surface area contributed by atoms with Crippen molar-refractivity contribution >= 4 is 0 Å². The molecule has 4 heteroatoms. The fourth-order valence-electron chi connectivity index (χ4n) is 3.37. The summed E-state index contributed by atoms with van der Waals surface area (Å²) in [4.78, 5) is 2.14. The Morgan fingerprint density at radius 3 is 2.24 bits per heavy atom. The molecular formula is C29H46FNO2. The summed E-state index contributed by atoms with van der Waals surface area (Å²) >= 11 is 0. The first kappa shape index (κ1) is 30.8. The van der Waals surface area contributed by atoms with Crippen LogP contribution in [0.25, 0.3) is 0 Å². The summed E-state index contributed by atoms with van der Waals surface area (Å²) in [7, 11) is 0. The van der Waals surface area contributed by atoms with E-state index in [1.165, 1.54) is 6.08 Å². The summed E-state index contributed by atoms with van der Waals surface area (Å²) in [6.07, 6.45) is 16.8. The Morgan fingerprint density at radius 1 is 1.03 bits per heavy atom. The lowest BCUT2D eigenvalue weighted by atomic mass is 10.0. The van der Waals surface area contributed by atoms with Crippen LogP contribution in [0.1, 0.15) is 80.6 Å². The SMILES string of the molecule is C=C(/C=C\C=C/C)N(/C(C=CC[C@@H](O)C[C@@H](O)CCC)=C(C)/C(C)=C/C=C(/F)CC)C(C)C. The Bertz CT molecular complexity index is 768. The quantitative estimate of drug-likeness (QED) is 0.247. The Labute approximate surface area is 202 Å². The summed E-state index contributed by atoms with van der Waals surface area (Å²) in [6.45, 7) is 18.2. The van der Waals surface area contributed by atoms with Gasteiger partial charge in [0.15, 0.2) is 0 Å². The zero-order valence-electron chi connectivity index (χ0n) is 21.8. The van der Waals surface area contributed by atoms with Gasteiger partial charge in [0.1, 0.15) is 0 Å². The predicted molar refractivity (Wildman–Crippen MR) is 141 cm³/mol. The van der Waals surface area contributed by atoms with Gasteiger partial charge >= 0.3 is 0 Å². The van der Waals surface area contributed by atoms with Crippen LogP contribution < -0.4 is 0 Å². The molecule has 0 heterocycles. The molecule has 0 aliphatic carbocycles. The van der Waals surface area contributed by atoms with Crippen LogP contribution >= 0.6 is 0 Å². The normalized spacial score (nSPS) is 16.2. The third-order valence-electron chi connectivity index (χ3n) is 5.36. The van der Waals surface area contributed by atoms with E-state index < -0.39 is 12.2 Å². The summed E-state index contributed by atoms with van der Waals surface area (Å²) in [6, 6.07) is 0.134. The minimum absolute atomic E-state index is 0.134. The van der Waals surface area contributed by atoms with E-state index >= 15 is 0 Å². The lowest BCUT2D eigenvalue weighted by molar-refractivity contribution is 0.0768. The Kier molecular flexibility index (Phi) is 16.2. The second-order valence-corrected chi connectivity index (χ2v) is 8.64. The molecule has 0 radical (unpaired) electrons. The molecule has 0 aliphatic heterocycles. The predicted octanol–water partition coefficient (Wildman–Crippen LogP) is 7.68. The molecule has 2 atom stereocenters. The fraction of sp³-hybridized carbons (Fsp3) is 0.517. The second-order valence-electron chi connectivity index (χ2n) is 8.64. The lowest BCUT2D eigenvalue weighted by Crippen LogP contribution is -2.29. The van der Waals surface area contributed by atoms with Crippen molar-refractivity contribution in [3.05, 3.63) is 83.6 Å². The summed E-state index contributed by atoms with van der Waals surface area (Å²) in [5, 5.41) is 20.3. The molecule has 0 saturated carbocycles. The average molecular weight is 460 g/mol. The van der Waals surface area contributed by atoms with Gasteiger partial charge in [0.05, 0.1) is 18.0 Å². The second kappa shape index (κ2) is 17.3. The summed E-state index contributed by atoms with van der Waals surface area (Å²) < 4.78 is 13.7. The van der Waals surface area contributed by atoms with Crippen LogP contribution in [-0.2, 0) is 0 Å². The van der Waals surface area contributed by atoms with E-state index in [1.807, 2.05) is 64.2 Å². The van der Waals surface area contributed by atoms with Gasteiger partial charge < -0.3 is 15.1 Å². The van der Waals surface area contributed by atoms with Gasteiger partial charge in [-0.1, -0.05) is 57.2 Å². The minimum atomic E-state index is -0.604. The summed E-state index contributed by atoms with van der Waals surface area (Å²) in [5.74, 6) is -0.160. The molecule has 0 spiro atoms. The molecule has 0 aromatic rings. The van der Waals surface area contributed by atoms with Crippen LogP contribution in [0.2, 0.25) is 0 Å². The Morgan fingerprint density at radius 2 is 1.70 bits per heavy atom. The van der Waals surface area contributed by atoms with Gasteiger partial charge in [0, 0.05) is 17.4 Å². The fourth-order valence-corrected chi connectivity index (χ4v) is 3.37. The van der Waals surface area contributed by atoms with E-state index in [4.69, 9.17) is 0 Å². The number of rotatable bonds is 15. The number of aliphatic hydroxyl groups is 2. The number of nitrogens with zero attached hydrogens (tertiary/aromatic N) is 1. The van der Waals surface area contributed by atoms with E-state index in [1.54, 1.807) is 13.0 Å². The van der Waals surface area contributed by atoms with Gasteiger partial charge in [0.25, 0.3) is 0 Å². The molecule has 0 unspecified atom stereocenters. The van der Waals surface area contributed by atoms with Gasteiger partial charge in [-0.2, -0.15) is 0 Å². The van der Waals surface area contributed by atoms with Gasteiger partial charge in [-0.05, 0) is 89.7 Å². The first-order valence-corrected chi connectivity index (χ1v) is 12.1. The van der Waals surface area contributed by atoms with Gasteiger partial charge in [-0.15, -0.1) is 0 Å². The highest BCUT2D eigenvalue weighted by Gasteiger charge is 2.17. The molecule has 0 fully saturated rings. The van der Waals surface area contributed by atoms with Crippen LogP contribution in [0.15, 0.2) is 83.6 Å². The van der Waals surface area contributed by atoms with Crippen LogP contribution in [0.5, 0.6) is 0 Å². The Hall–Kier alpha value is -2.17. The maximum atomic E-state index is 13.7. The van der Waals surface area contributed by atoms with Crippen molar-refractivity contribution in [3.63, 3.8) is 0 Å². The molecule has 0 aromatic carbocycles. The molecular weight excluding hydrogens is 413 g/mol. The Balaban J connectivity index is 6.13. The van der Waals surface area contributed by atoms with Crippen LogP contribution in [0, 0.1) is 0 Å². The number of aliphatic hydroxyl groups excluding tert-OH is 2. The van der Waals surface area contributed by atoms with E-state index in [9.17, 15) is 14.6 Å². The molecule has 3 nitrogen and oxygen atoms in total. The first-order valence-electron chi connectivity index (χ1n) is 12.1. The highest BCUT2D eigenvalue weighted by atomic mass is 19.1. The van der Waals surface area contributed by atoms with Crippen LogP contribution in [-0.4, -0.2) is 33.4 Å². The molecule has 0 rings (SSSR count). The molecule has 33 heavy (non-hydrogen) atoms. The number of halogens is 1. The molecule has 0 bridgehead atoms. The largest absolute Gasteiger partial charge is 0.393 e. The van der Waals surface area contributed by atoms with Gasteiger partial charge in [-0.25, -0.2) is 4.39 Å². The van der Waals surface area contributed by atoms with Crippen molar-refractivity contribution in [2.75, 3.05) is 0 Å². The smallest absolute Gasteiger partial charge is 0.0996 e. The zero-order chi connectivity index (χ0) is 25.4. The molecule has 0 amide bonds. The van der Waals surface area contributed by atoms with Gasteiger partial charge in [-0.3, -0.25) is 0 Å². The molecule has 0 aliphatic rings. The van der Waals surface area contributed by atoms with Crippen molar-refractivity contribution in [2.24, 2.45) is 0 Å². The molecule has 0 aromatic heterocycles. The van der Waals surface area contributed by atoms with Crippen molar-refractivity contribution in [2.45, 2.75) is 98.8 Å². The van der Waals surface area contributed by atoms with E-state index in [-0.39, 0.29) is 11.9 Å². The maximum Gasteiger partial charge on any atom is 0.0996 e. The third kappa shape index (κ3) is 12.6. The molecule has 2 N–H and O–H groups in total. The maximum absolute atomic E-state index is 13.7. The van der Waals surface area contributed by atoms with Gasteiger partial charge in [0.2, 0.25) is 0 Å². The number of hydrogen-bond acceptors (Lipinski definition) is 3. The van der Waals surface area contributed by atoms with Crippen molar-refractivity contribution in [3.8, 4) is 0 Å². The topological polar surface area (TPSA) is 43.7 Å². The minimum Gasteiger partial charge on any atom is -0.393 e. The highest BCUT2D eigenvalue weighted by Crippen LogP contribution is 2.26. The standard InChI is InChI=1S/C29H46FNO2/c1-9-12-13-16-24(7)31(22(4)5)29(25(8)23(6)19-20-26(30)11-3)18-14-17-28(33)21-27(32)15-10-2/h9,12-14,16,18-20,22,27-28,32-33H,7,10-11,15,17,21H2,1-6,8H3/b12-9-,16-13-,18-14?,23-19+,26-20+,29-25+/t27-,28+/m0/s1. The van der Waals surface area contributed by atoms with E-state index in [2.05, 4.69) is 25.3 Å². The molecule has 0 saturated heterocycles. The lowest BCUT2D eigenvalue weighted by Gasteiger charge is -2.32. The number of hydrogen-bond donors (Lipinski definition) is 2. The van der Waals surface area contributed by atoms with Crippen molar-refractivity contribution in [1.29, 1.82) is 0 Å². The summed E-state index contributed by atoms with van der Waals surface area (Å²) in [5.41, 5.74) is 3.74. The molecule has 186 valence electrons. The van der Waals surface area contributed by atoms with Crippen molar-refractivity contribution < 1.29 is 14.6 Å². The third-order valence-corrected chi connectivity index (χ3v) is 5.36. The number of allylic oxidation sites excluding steroid dienone is 10. The highest BCUT2D eigenvalue weighted by molar-refractivity contribution is 5.42. The van der Waals surface area contributed by atoms with E-state index in [0.717, 1.165) is 29.0 Å². The van der Waals surface area contributed by atoms with E-state index in [0.29, 0.717) is 25.7 Å². The first-order chi connectivity index (χ1) is 15.6. The van der Waals surface area contributed by atoms with Crippen LogP contribution in [0.3, 0.4) is 0 Å². The monoisotopic (exact) mass is 459 g/mol.